The summed E-state index contributed by atoms with van der Waals surface area (Å²) in [6.07, 6.45) is 3.42. The highest BCUT2D eigenvalue weighted by atomic mass is 16.2. The van der Waals surface area contributed by atoms with Crippen LogP contribution in [0.3, 0.4) is 0 Å². The number of para-hydroxylation sites is 1. The molecule has 0 aliphatic carbocycles. The van der Waals surface area contributed by atoms with E-state index in [9.17, 15) is 9.59 Å². The molecule has 3 rings (SSSR count). The highest BCUT2D eigenvalue weighted by Crippen LogP contribution is 2.19. The number of hydrogen-bond acceptors (Lipinski definition) is 3. The van der Waals surface area contributed by atoms with E-state index in [0.717, 1.165) is 32.0 Å². The Balaban J connectivity index is 1.64. The Kier molecular flexibility index (Phi) is 7.63. The summed E-state index contributed by atoms with van der Waals surface area (Å²) in [7, 11) is 0. The first-order valence-electron chi connectivity index (χ1n) is 11.0. The molecule has 2 N–H and O–H groups in total. The molecule has 1 fully saturated rings. The zero-order valence-electron chi connectivity index (χ0n) is 18.3. The summed E-state index contributed by atoms with van der Waals surface area (Å²) in [5, 5.41) is 5.85. The molecule has 2 aromatic carbocycles. The lowest BCUT2D eigenvalue weighted by atomic mass is 9.99. The molecule has 5 heteroatoms. The third-order valence-corrected chi connectivity index (χ3v) is 5.77. The number of nitrogens with zero attached hydrogens (tertiary/aromatic N) is 1. The van der Waals surface area contributed by atoms with Gasteiger partial charge in [-0.1, -0.05) is 38.1 Å². The van der Waals surface area contributed by atoms with Crippen molar-refractivity contribution < 1.29 is 9.59 Å². The lowest BCUT2D eigenvalue weighted by Crippen LogP contribution is -2.33. The molecule has 0 aromatic heterocycles. The van der Waals surface area contributed by atoms with Crippen LogP contribution in [0.4, 0.5) is 5.69 Å². The summed E-state index contributed by atoms with van der Waals surface area (Å²) in [5.74, 6) is 0.365. The molecule has 0 bridgehead atoms. The van der Waals surface area contributed by atoms with Gasteiger partial charge < -0.3 is 10.6 Å². The fourth-order valence-corrected chi connectivity index (χ4v) is 3.84. The Morgan fingerprint density at radius 3 is 2.53 bits per heavy atom. The van der Waals surface area contributed by atoms with Gasteiger partial charge in [-0.3, -0.25) is 14.5 Å². The average molecular weight is 408 g/mol. The maximum Gasteiger partial charge on any atom is 0.255 e. The zero-order valence-corrected chi connectivity index (χ0v) is 18.3. The summed E-state index contributed by atoms with van der Waals surface area (Å²) in [6, 6.07) is 15.0. The van der Waals surface area contributed by atoms with Gasteiger partial charge in [0, 0.05) is 24.7 Å². The summed E-state index contributed by atoms with van der Waals surface area (Å²) >= 11 is 0. The Hall–Kier alpha value is -2.66. The van der Waals surface area contributed by atoms with Crippen molar-refractivity contribution in [1.82, 2.24) is 10.2 Å². The smallest absolute Gasteiger partial charge is 0.255 e. The van der Waals surface area contributed by atoms with Gasteiger partial charge in [0.1, 0.15) is 0 Å². The number of likely N-dealkylation sites (tertiary alicyclic amines) is 1. The van der Waals surface area contributed by atoms with Crippen LogP contribution >= 0.6 is 0 Å². The number of rotatable bonds is 7. The fraction of sp³-hybridized carbons (Fsp3) is 0.440. The van der Waals surface area contributed by atoms with Gasteiger partial charge in [0.15, 0.2) is 0 Å². The van der Waals surface area contributed by atoms with Crippen molar-refractivity contribution in [2.24, 2.45) is 5.92 Å². The molecule has 1 saturated heterocycles. The van der Waals surface area contributed by atoms with E-state index in [1.807, 2.05) is 44.2 Å². The van der Waals surface area contributed by atoms with Crippen LogP contribution in [0.5, 0.6) is 0 Å². The Labute approximate surface area is 179 Å². The highest BCUT2D eigenvalue weighted by Gasteiger charge is 2.17. The number of carbonyl (C=O) groups is 2. The molecule has 1 aliphatic rings. The lowest BCUT2D eigenvalue weighted by Gasteiger charge is -2.30. The van der Waals surface area contributed by atoms with E-state index in [4.69, 9.17) is 0 Å². The van der Waals surface area contributed by atoms with Crippen molar-refractivity contribution >= 4 is 17.5 Å². The minimum Gasteiger partial charge on any atom is -0.350 e. The Morgan fingerprint density at radius 1 is 1.10 bits per heavy atom. The van der Waals surface area contributed by atoms with E-state index in [2.05, 4.69) is 22.5 Å². The molecular weight excluding hydrogens is 374 g/mol. The number of carbonyl (C=O) groups excluding carboxylic acids is 2. The van der Waals surface area contributed by atoms with Crippen molar-refractivity contribution in [1.29, 1.82) is 0 Å². The van der Waals surface area contributed by atoms with Gasteiger partial charge in [-0.05, 0) is 68.5 Å². The molecule has 160 valence electrons. The molecule has 0 saturated carbocycles. The van der Waals surface area contributed by atoms with Crippen LogP contribution < -0.4 is 10.6 Å². The SMILES string of the molecule is CC[C@@H](C)NC(=O)c1ccccc1NC(=O)c1ccc(CN2CCC[C@H](C)C2)cc1. The lowest BCUT2D eigenvalue weighted by molar-refractivity contribution is 0.0940. The molecule has 0 unspecified atom stereocenters. The molecule has 5 nitrogen and oxygen atoms in total. The van der Waals surface area contributed by atoms with E-state index >= 15 is 0 Å². The second-order valence-corrected chi connectivity index (χ2v) is 8.46. The summed E-state index contributed by atoms with van der Waals surface area (Å²) in [4.78, 5) is 27.8. The number of benzene rings is 2. The molecule has 30 heavy (non-hydrogen) atoms. The highest BCUT2D eigenvalue weighted by molar-refractivity contribution is 6.09. The van der Waals surface area contributed by atoms with Crippen LogP contribution in [0.25, 0.3) is 0 Å². The molecular formula is C25H33N3O2. The van der Waals surface area contributed by atoms with Gasteiger partial charge in [0.2, 0.25) is 0 Å². The first kappa shape index (κ1) is 22.0. The van der Waals surface area contributed by atoms with E-state index in [-0.39, 0.29) is 17.9 Å². The van der Waals surface area contributed by atoms with Crippen LogP contribution in [0, 0.1) is 5.92 Å². The molecule has 2 atom stereocenters. The van der Waals surface area contributed by atoms with Crippen LogP contribution in [-0.2, 0) is 6.54 Å². The number of anilines is 1. The standard InChI is InChI=1S/C25H33N3O2/c1-4-19(3)26-25(30)22-9-5-6-10-23(22)27-24(29)21-13-11-20(12-14-21)17-28-15-7-8-18(2)16-28/h5-6,9-14,18-19H,4,7-8,15-17H2,1-3H3,(H,26,30)(H,27,29)/t18-,19+/m0/s1. The molecule has 0 radical (unpaired) electrons. The number of piperidine rings is 1. The van der Waals surface area contributed by atoms with Gasteiger partial charge >= 0.3 is 0 Å². The van der Waals surface area contributed by atoms with E-state index < -0.39 is 0 Å². The van der Waals surface area contributed by atoms with Crippen LogP contribution in [0.1, 0.15) is 66.3 Å². The molecule has 2 aromatic rings. The monoisotopic (exact) mass is 407 g/mol. The zero-order chi connectivity index (χ0) is 21.5. The quantitative estimate of drug-likeness (QED) is 0.699. The largest absolute Gasteiger partial charge is 0.350 e. The van der Waals surface area contributed by atoms with Gasteiger partial charge in [0.05, 0.1) is 11.3 Å². The van der Waals surface area contributed by atoms with Gasteiger partial charge in [-0.15, -0.1) is 0 Å². The van der Waals surface area contributed by atoms with E-state index in [1.54, 1.807) is 18.2 Å². The normalized spacial score (nSPS) is 17.9. The van der Waals surface area contributed by atoms with Gasteiger partial charge in [-0.2, -0.15) is 0 Å². The summed E-state index contributed by atoms with van der Waals surface area (Å²) < 4.78 is 0. The van der Waals surface area contributed by atoms with Crippen LogP contribution in [0.2, 0.25) is 0 Å². The molecule has 0 spiro atoms. The topological polar surface area (TPSA) is 61.4 Å². The molecule has 1 heterocycles. The maximum atomic E-state index is 12.8. The van der Waals surface area contributed by atoms with Crippen molar-refractivity contribution in [3.8, 4) is 0 Å². The fourth-order valence-electron chi connectivity index (χ4n) is 3.84. The number of amides is 2. The predicted molar refractivity (Wildman–Crippen MR) is 122 cm³/mol. The van der Waals surface area contributed by atoms with E-state index in [0.29, 0.717) is 16.8 Å². The second-order valence-electron chi connectivity index (χ2n) is 8.46. The Bertz CT molecular complexity index is 863. The Morgan fingerprint density at radius 2 is 1.83 bits per heavy atom. The number of nitrogens with one attached hydrogen (secondary N) is 2. The van der Waals surface area contributed by atoms with E-state index in [1.165, 1.54) is 18.4 Å². The third kappa shape index (κ3) is 5.92. The summed E-state index contributed by atoms with van der Waals surface area (Å²) in [5.41, 5.74) is 2.80. The molecule has 2 amide bonds. The minimum absolute atomic E-state index is 0.0803. The second kappa shape index (κ2) is 10.4. The average Bonchev–Trinajstić information content (AvgIpc) is 2.74. The third-order valence-electron chi connectivity index (χ3n) is 5.77. The first-order chi connectivity index (χ1) is 14.5. The van der Waals surface area contributed by atoms with Gasteiger partial charge in [-0.25, -0.2) is 0 Å². The minimum atomic E-state index is -0.211. The van der Waals surface area contributed by atoms with Crippen molar-refractivity contribution in [3.05, 3.63) is 65.2 Å². The van der Waals surface area contributed by atoms with Crippen LogP contribution in [0.15, 0.2) is 48.5 Å². The molecule has 1 aliphatic heterocycles. The number of hydrogen-bond donors (Lipinski definition) is 2. The first-order valence-corrected chi connectivity index (χ1v) is 11.0. The predicted octanol–water partition coefficient (Wildman–Crippen LogP) is 4.70. The van der Waals surface area contributed by atoms with Gasteiger partial charge in [0.25, 0.3) is 11.8 Å². The van der Waals surface area contributed by atoms with Crippen molar-refractivity contribution in [2.45, 2.75) is 52.6 Å². The van der Waals surface area contributed by atoms with Crippen LogP contribution in [-0.4, -0.2) is 35.8 Å². The van der Waals surface area contributed by atoms with Crippen molar-refractivity contribution in [3.63, 3.8) is 0 Å². The van der Waals surface area contributed by atoms with Crippen molar-refractivity contribution in [2.75, 3.05) is 18.4 Å². The maximum absolute atomic E-state index is 12.8. The summed E-state index contributed by atoms with van der Waals surface area (Å²) in [6.45, 7) is 9.49.